The van der Waals surface area contributed by atoms with Gasteiger partial charge in [0.25, 0.3) is 0 Å². The fourth-order valence-corrected chi connectivity index (χ4v) is 4.68. The molecule has 0 saturated heterocycles. The third-order valence-electron chi connectivity index (χ3n) is 6.41. The van der Waals surface area contributed by atoms with Crippen LogP contribution in [0.4, 0.5) is 0 Å². The Morgan fingerprint density at radius 1 is 1.19 bits per heavy atom. The summed E-state index contributed by atoms with van der Waals surface area (Å²) in [6.07, 6.45) is 7.89. The second kappa shape index (κ2) is 9.83. The molecule has 1 aliphatic heterocycles. The Labute approximate surface area is 195 Å². The predicted octanol–water partition coefficient (Wildman–Crippen LogP) is 5.91. The summed E-state index contributed by atoms with van der Waals surface area (Å²) < 4.78 is 11.7. The van der Waals surface area contributed by atoms with E-state index in [0.717, 1.165) is 49.3 Å². The van der Waals surface area contributed by atoms with Crippen LogP contribution < -0.4 is 9.47 Å². The van der Waals surface area contributed by atoms with Crippen molar-refractivity contribution in [1.29, 1.82) is 0 Å². The molecule has 2 aromatic carbocycles. The molecule has 0 bridgehead atoms. The fourth-order valence-electron chi connectivity index (χ4n) is 4.48. The van der Waals surface area contributed by atoms with E-state index in [1.54, 1.807) is 7.11 Å². The third kappa shape index (κ3) is 4.71. The number of methoxy groups -OCH3 is 1. The van der Waals surface area contributed by atoms with Crippen molar-refractivity contribution in [3.05, 3.63) is 76.5 Å². The summed E-state index contributed by atoms with van der Waals surface area (Å²) in [5.74, 6) is 1.75. The standard InChI is InChI=1S/C27H30ClNO3/c1-4-5-19-6-7-22(26(14-19)31-3)17-32-23-10-11-24-18(2)21(9-8-20(24)15-23)16-29-13-12-25(29)27(28)30/h6-7,10-15,25H,4-5,8-9,16-17H2,1-3H3. The van der Waals surface area contributed by atoms with Crippen LogP contribution in [0, 0.1) is 0 Å². The van der Waals surface area contributed by atoms with Crippen LogP contribution in [-0.2, 0) is 24.2 Å². The van der Waals surface area contributed by atoms with Crippen LogP contribution in [0.5, 0.6) is 11.5 Å². The van der Waals surface area contributed by atoms with Crippen LogP contribution in [0.15, 0.2) is 54.2 Å². The van der Waals surface area contributed by atoms with Crippen molar-refractivity contribution in [1.82, 2.24) is 4.90 Å². The number of hydrogen-bond donors (Lipinski definition) is 0. The first kappa shape index (κ1) is 22.5. The van der Waals surface area contributed by atoms with Gasteiger partial charge in [-0.05, 0) is 96.1 Å². The smallest absolute Gasteiger partial charge is 0.248 e. The fraction of sp³-hybridized carbons (Fsp3) is 0.370. The third-order valence-corrected chi connectivity index (χ3v) is 6.64. The van der Waals surface area contributed by atoms with E-state index >= 15 is 0 Å². The maximum absolute atomic E-state index is 11.5. The van der Waals surface area contributed by atoms with E-state index in [-0.39, 0.29) is 11.3 Å². The van der Waals surface area contributed by atoms with Gasteiger partial charge in [0, 0.05) is 12.1 Å². The van der Waals surface area contributed by atoms with Gasteiger partial charge in [-0.15, -0.1) is 0 Å². The summed E-state index contributed by atoms with van der Waals surface area (Å²) in [5, 5.41) is -0.319. The highest BCUT2D eigenvalue weighted by Crippen LogP contribution is 2.35. The largest absolute Gasteiger partial charge is 0.496 e. The minimum Gasteiger partial charge on any atom is -0.496 e. The summed E-state index contributed by atoms with van der Waals surface area (Å²) in [6, 6.07) is 12.4. The zero-order chi connectivity index (χ0) is 22.7. The molecule has 2 aromatic rings. The number of allylic oxidation sites excluding steroid dienone is 1. The van der Waals surface area contributed by atoms with Crippen LogP contribution in [0.25, 0.3) is 5.57 Å². The normalized spacial score (nSPS) is 17.1. The van der Waals surface area contributed by atoms with Gasteiger partial charge in [-0.25, -0.2) is 0 Å². The Balaban J connectivity index is 1.45. The SMILES string of the molecule is CCCc1ccc(COc2ccc3c(c2)CCC(CN2C=CC2C(=O)Cl)=C3C)c(OC)c1. The number of benzene rings is 2. The van der Waals surface area contributed by atoms with Gasteiger partial charge in [-0.1, -0.05) is 31.5 Å². The molecular formula is C27H30ClNO3. The lowest BCUT2D eigenvalue weighted by atomic mass is 9.85. The van der Waals surface area contributed by atoms with E-state index in [2.05, 4.69) is 44.2 Å². The van der Waals surface area contributed by atoms with Crippen molar-refractivity contribution >= 4 is 22.4 Å². The lowest BCUT2D eigenvalue weighted by Gasteiger charge is -2.35. The minimum atomic E-state index is -0.319. The zero-order valence-corrected chi connectivity index (χ0v) is 19.7. The van der Waals surface area contributed by atoms with Crippen LogP contribution in [0.1, 0.15) is 48.9 Å². The number of halogens is 1. The average molecular weight is 452 g/mol. The number of hydrogen-bond acceptors (Lipinski definition) is 4. The van der Waals surface area contributed by atoms with Crippen molar-refractivity contribution in [2.45, 2.75) is 52.2 Å². The maximum atomic E-state index is 11.5. The van der Waals surface area contributed by atoms with Gasteiger partial charge in [0.1, 0.15) is 24.1 Å². The highest BCUT2D eigenvalue weighted by molar-refractivity contribution is 6.65. The molecule has 0 N–H and O–H groups in total. The van der Waals surface area contributed by atoms with Gasteiger partial charge in [0.05, 0.1) is 7.11 Å². The Morgan fingerprint density at radius 3 is 2.72 bits per heavy atom. The van der Waals surface area contributed by atoms with Gasteiger partial charge in [-0.3, -0.25) is 4.79 Å². The predicted molar refractivity (Wildman–Crippen MR) is 129 cm³/mol. The van der Waals surface area contributed by atoms with Crippen molar-refractivity contribution < 1.29 is 14.3 Å². The number of rotatable bonds is 9. The molecule has 0 aromatic heterocycles. The maximum Gasteiger partial charge on any atom is 0.248 e. The van der Waals surface area contributed by atoms with Gasteiger partial charge in [0.15, 0.2) is 0 Å². The van der Waals surface area contributed by atoms with Crippen LogP contribution in [-0.4, -0.2) is 29.8 Å². The minimum absolute atomic E-state index is 0.290. The van der Waals surface area contributed by atoms with Crippen LogP contribution >= 0.6 is 11.6 Å². The molecule has 2 aliphatic rings. The summed E-state index contributed by atoms with van der Waals surface area (Å²) in [5.41, 5.74) is 7.55. The molecule has 1 aliphatic carbocycles. The van der Waals surface area contributed by atoms with E-state index in [1.165, 1.54) is 27.8 Å². The number of carbonyl (C=O) groups excluding carboxylic acids is 1. The van der Waals surface area contributed by atoms with Gasteiger partial charge >= 0.3 is 0 Å². The number of aryl methyl sites for hydroxylation is 2. The molecule has 0 saturated carbocycles. The molecular weight excluding hydrogens is 422 g/mol. The first-order valence-corrected chi connectivity index (χ1v) is 11.6. The topological polar surface area (TPSA) is 38.8 Å². The monoisotopic (exact) mass is 451 g/mol. The van der Waals surface area contributed by atoms with E-state index < -0.39 is 0 Å². The van der Waals surface area contributed by atoms with E-state index in [4.69, 9.17) is 21.1 Å². The molecule has 1 heterocycles. The quantitative estimate of drug-likeness (QED) is 0.444. The van der Waals surface area contributed by atoms with Crippen LogP contribution in [0.3, 0.4) is 0 Å². The average Bonchev–Trinajstić information content (AvgIpc) is 2.76. The molecule has 32 heavy (non-hydrogen) atoms. The van der Waals surface area contributed by atoms with Crippen molar-refractivity contribution in [2.24, 2.45) is 0 Å². The molecule has 0 amide bonds. The number of ether oxygens (including phenoxy) is 2. The molecule has 1 unspecified atom stereocenters. The number of fused-ring (bicyclic) bond motifs is 1. The van der Waals surface area contributed by atoms with Gasteiger partial charge in [-0.2, -0.15) is 0 Å². The molecule has 1 atom stereocenters. The molecule has 4 nitrogen and oxygen atoms in total. The Morgan fingerprint density at radius 2 is 2.03 bits per heavy atom. The van der Waals surface area contributed by atoms with Gasteiger partial charge < -0.3 is 14.4 Å². The van der Waals surface area contributed by atoms with Crippen LogP contribution in [0.2, 0.25) is 0 Å². The lowest BCUT2D eigenvalue weighted by molar-refractivity contribution is -0.115. The Kier molecular flexibility index (Phi) is 6.90. The highest BCUT2D eigenvalue weighted by Gasteiger charge is 2.28. The number of carbonyl (C=O) groups is 1. The summed E-state index contributed by atoms with van der Waals surface area (Å²) in [6.45, 7) is 5.57. The van der Waals surface area contributed by atoms with E-state index in [9.17, 15) is 4.79 Å². The zero-order valence-electron chi connectivity index (χ0n) is 19.0. The molecule has 0 spiro atoms. The summed E-state index contributed by atoms with van der Waals surface area (Å²) in [4.78, 5) is 13.5. The number of nitrogens with zero attached hydrogens (tertiary/aromatic N) is 1. The Bertz CT molecular complexity index is 1070. The van der Waals surface area contributed by atoms with E-state index in [0.29, 0.717) is 6.61 Å². The lowest BCUT2D eigenvalue weighted by Crippen LogP contribution is -2.42. The highest BCUT2D eigenvalue weighted by atomic mass is 35.5. The molecule has 4 rings (SSSR count). The molecule has 0 radical (unpaired) electrons. The molecule has 5 heteroatoms. The van der Waals surface area contributed by atoms with Crippen molar-refractivity contribution in [3.63, 3.8) is 0 Å². The first-order chi connectivity index (χ1) is 15.5. The van der Waals surface area contributed by atoms with E-state index in [1.807, 2.05) is 23.2 Å². The molecule has 0 fully saturated rings. The summed E-state index contributed by atoms with van der Waals surface area (Å²) in [7, 11) is 1.71. The summed E-state index contributed by atoms with van der Waals surface area (Å²) >= 11 is 5.67. The first-order valence-electron chi connectivity index (χ1n) is 11.2. The van der Waals surface area contributed by atoms with Crippen molar-refractivity contribution in [3.8, 4) is 11.5 Å². The van der Waals surface area contributed by atoms with Crippen molar-refractivity contribution in [2.75, 3.05) is 13.7 Å². The second-order valence-corrected chi connectivity index (χ2v) is 8.87. The Hall–Kier alpha value is -2.72. The molecule has 168 valence electrons. The second-order valence-electron chi connectivity index (χ2n) is 8.50. The van der Waals surface area contributed by atoms with Gasteiger partial charge in [0.2, 0.25) is 5.24 Å².